The fourth-order valence-electron chi connectivity index (χ4n) is 3.25. The minimum atomic E-state index is -0.163. The zero-order valence-electron chi connectivity index (χ0n) is 14.2. The van der Waals surface area contributed by atoms with Crippen molar-refractivity contribution in [3.63, 3.8) is 0 Å². The van der Waals surface area contributed by atoms with Crippen LogP contribution in [0.2, 0.25) is 0 Å². The number of ketones is 1. The Morgan fingerprint density at radius 3 is 2.59 bits per heavy atom. The quantitative estimate of drug-likeness (QED) is 0.678. The highest BCUT2D eigenvalue weighted by Gasteiger charge is 2.34. The number of hydrogen-bond donors (Lipinski definition) is 0. The van der Waals surface area contributed by atoms with Crippen LogP contribution in [0.1, 0.15) is 46.5 Å². The van der Waals surface area contributed by atoms with Gasteiger partial charge in [0.2, 0.25) is 0 Å². The van der Waals surface area contributed by atoms with Crippen molar-refractivity contribution in [2.75, 3.05) is 32.9 Å². The number of carbonyl (C=O) groups excluding carboxylic acids is 1. The normalized spacial score (nSPS) is 24.7. The Balaban J connectivity index is 2.34. The number of hydrogen-bond acceptors (Lipinski definition) is 4. The Labute approximate surface area is 134 Å². The van der Waals surface area contributed by atoms with Crippen molar-refractivity contribution < 1.29 is 14.3 Å². The van der Waals surface area contributed by atoms with E-state index in [-0.39, 0.29) is 11.9 Å². The number of Topliss-reactive ketones (excluding diaryl/α,β-unsaturated/α-hetero) is 1. The van der Waals surface area contributed by atoms with Crippen LogP contribution in [0.5, 0.6) is 0 Å². The molecule has 0 N–H and O–H groups in total. The monoisotopic (exact) mass is 307 g/mol. The second kappa shape index (κ2) is 8.49. The molecule has 1 aliphatic carbocycles. The number of rotatable bonds is 7. The number of morpholine rings is 1. The molecular weight excluding hydrogens is 278 g/mol. The highest BCUT2D eigenvalue weighted by atomic mass is 16.5. The van der Waals surface area contributed by atoms with Crippen LogP contribution in [0, 0.1) is 0 Å². The third kappa shape index (κ3) is 3.79. The van der Waals surface area contributed by atoms with Gasteiger partial charge in [-0.25, -0.2) is 0 Å². The number of nitrogens with zero attached hydrogens (tertiary/aromatic N) is 1. The van der Waals surface area contributed by atoms with E-state index in [1.165, 1.54) is 5.70 Å². The van der Waals surface area contributed by atoms with Gasteiger partial charge in [0, 0.05) is 25.4 Å². The fraction of sp³-hybridized carbons (Fsp3) is 0.722. The Bertz CT molecular complexity index is 447. The molecule has 0 aromatic rings. The summed E-state index contributed by atoms with van der Waals surface area (Å²) in [6.07, 6.45) is 5.67. The lowest BCUT2D eigenvalue weighted by Gasteiger charge is -2.33. The summed E-state index contributed by atoms with van der Waals surface area (Å²) in [6.45, 7) is 10.1. The van der Waals surface area contributed by atoms with Gasteiger partial charge < -0.3 is 14.4 Å². The van der Waals surface area contributed by atoms with Crippen LogP contribution < -0.4 is 0 Å². The van der Waals surface area contributed by atoms with E-state index in [1.807, 2.05) is 13.0 Å². The first-order valence-electron chi connectivity index (χ1n) is 8.65. The van der Waals surface area contributed by atoms with Crippen molar-refractivity contribution in [2.45, 2.75) is 52.6 Å². The molecule has 1 unspecified atom stereocenters. The first-order chi connectivity index (χ1) is 10.7. The lowest BCUT2D eigenvalue weighted by atomic mass is 10.0. The van der Waals surface area contributed by atoms with Crippen LogP contribution >= 0.6 is 0 Å². The fourth-order valence-corrected chi connectivity index (χ4v) is 3.25. The lowest BCUT2D eigenvalue weighted by Crippen LogP contribution is -2.37. The van der Waals surface area contributed by atoms with Crippen LogP contribution in [-0.2, 0) is 14.3 Å². The molecule has 1 heterocycles. The molecule has 0 aromatic carbocycles. The third-order valence-corrected chi connectivity index (χ3v) is 4.23. The predicted octanol–water partition coefficient (Wildman–Crippen LogP) is 3.09. The van der Waals surface area contributed by atoms with Gasteiger partial charge in [0.1, 0.15) is 6.10 Å². The number of allylic oxidation sites excluding steroid dienone is 2. The Morgan fingerprint density at radius 1 is 1.27 bits per heavy atom. The predicted molar refractivity (Wildman–Crippen MR) is 87.7 cm³/mol. The molecule has 1 atom stereocenters. The average molecular weight is 307 g/mol. The molecule has 0 spiro atoms. The largest absolute Gasteiger partial charge is 0.378 e. The molecule has 2 aliphatic rings. The molecule has 2 rings (SSSR count). The van der Waals surface area contributed by atoms with Gasteiger partial charge in [-0.15, -0.1) is 0 Å². The maximum absolute atomic E-state index is 12.9. The molecule has 1 saturated heterocycles. The topological polar surface area (TPSA) is 38.8 Å². The zero-order chi connectivity index (χ0) is 15.9. The van der Waals surface area contributed by atoms with Gasteiger partial charge in [-0.2, -0.15) is 0 Å². The summed E-state index contributed by atoms with van der Waals surface area (Å²) < 4.78 is 11.3. The van der Waals surface area contributed by atoms with E-state index in [1.54, 1.807) is 0 Å². The summed E-state index contributed by atoms with van der Waals surface area (Å²) in [6, 6.07) is 0. The molecule has 1 fully saturated rings. The highest BCUT2D eigenvalue weighted by molar-refractivity contribution is 6.12. The van der Waals surface area contributed by atoms with Gasteiger partial charge in [0.15, 0.2) is 5.78 Å². The van der Waals surface area contributed by atoms with E-state index >= 15 is 0 Å². The molecule has 0 saturated carbocycles. The van der Waals surface area contributed by atoms with E-state index in [0.717, 1.165) is 63.1 Å². The second-order valence-corrected chi connectivity index (χ2v) is 5.86. The van der Waals surface area contributed by atoms with Gasteiger partial charge in [0.25, 0.3) is 0 Å². The van der Waals surface area contributed by atoms with Crippen molar-refractivity contribution in [1.82, 2.24) is 4.90 Å². The molecule has 1 aliphatic heterocycles. The minimum Gasteiger partial charge on any atom is -0.378 e. The Kier molecular flexibility index (Phi) is 6.65. The van der Waals surface area contributed by atoms with Crippen molar-refractivity contribution in [2.24, 2.45) is 0 Å². The van der Waals surface area contributed by atoms with Crippen molar-refractivity contribution in [1.29, 1.82) is 0 Å². The molecule has 0 bridgehead atoms. The second-order valence-electron chi connectivity index (χ2n) is 5.86. The van der Waals surface area contributed by atoms with E-state index in [4.69, 9.17) is 9.47 Å². The maximum atomic E-state index is 12.9. The minimum absolute atomic E-state index is 0.163. The molecular formula is C18H29NO3. The smallest absolute Gasteiger partial charge is 0.189 e. The number of ether oxygens (including phenoxy) is 2. The molecule has 0 radical (unpaired) electrons. The van der Waals surface area contributed by atoms with E-state index in [2.05, 4.69) is 18.7 Å². The summed E-state index contributed by atoms with van der Waals surface area (Å²) >= 11 is 0. The van der Waals surface area contributed by atoms with Crippen molar-refractivity contribution >= 4 is 5.78 Å². The van der Waals surface area contributed by atoms with Crippen LogP contribution in [0.15, 0.2) is 22.9 Å². The first kappa shape index (κ1) is 17.2. The van der Waals surface area contributed by atoms with Gasteiger partial charge in [-0.05, 0) is 31.4 Å². The van der Waals surface area contributed by atoms with Crippen LogP contribution in [0.3, 0.4) is 0 Å². The molecule has 4 nitrogen and oxygen atoms in total. The molecule has 22 heavy (non-hydrogen) atoms. The summed E-state index contributed by atoms with van der Waals surface area (Å²) in [4.78, 5) is 15.2. The van der Waals surface area contributed by atoms with Crippen molar-refractivity contribution in [3.8, 4) is 0 Å². The van der Waals surface area contributed by atoms with Gasteiger partial charge in [0.05, 0.1) is 18.8 Å². The van der Waals surface area contributed by atoms with Gasteiger partial charge >= 0.3 is 0 Å². The van der Waals surface area contributed by atoms with Crippen LogP contribution in [0.25, 0.3) is 0 Å². The summed E-state index contributed by atoms with van der Waals surface area (Å²) in [7, 11) is 0. The van der Waals surface area contributed by atoms with Gasteiger partial charge in [-0.1, -0.05) is 26.7 Å². The summed E-state index contributed by atoms with van der Waals surface area (Å²) in [5.41, 5.74) is 2.99. The molecule has 0 aromatic heterocycles. The Hall–Kier alpha value is -1.13. The van der Waals surface area contributed by atoms with Gasteiger partial charge in [-0.3, -0.25) is 4.79 Å². The number of carbonyl (C=O) groups is 1. The van der Waals surface area contributed by atoms with Crippen LogP contribution in [-0.4, -0.2) is 49.7 Å². The van der Waals surface area contributed by atoms with Crippen LogP contribution in [0.4, 0.5) is 0 Å². The third-order valence-electron chi connectivity index (χ3n) is 4.23. The maximum Gasteiger partial charge on any atom is 0.189 e. The van der Waals surface area contributed by atoms with Crippen molar-refractivity contribution in [3.05, 3.63) is 22.9 Å². The van der Waals surface area contributed by atoms with E-state index in [0.29, 0.717) is 6.61 Å². The standard InChI is InChI=1S/C18H29NO3/c1-4-7-14-13-16(22-6-3)17(18(14)20)15(8-5-2)19-9-11-21-12-10-19/h13,16H,4-12H2,1-3H3/b17-15+. The molecule has 0 amide bonds. The first-order valence-corrected chi connectivity index (χ1v) is 8.65. The highest BCUT2D eigenvalue weighted by Crippen LogP contribution is 2.32. The van der Waals surface area contributed by atoms with E-state index in [9.17, 15) is 4.79 Å². The molecule has 4 heteroatoms. The SMILES string of the molecule is CCCC1=CC(OCC)/C(=C(/CCC)N2CCOCC2)C1=O. The Morgan fingerprint density at radius 2 is 2.00 bits per heavy atom. The summed E-state index contributed by atoms with van der Waals surface area (Å²) in [5.74, 6) is 0.204. The zero-order valence-corrected chi connectivity index (χ0v) is 14.2. The average Bonchev–Trinajstić information content (AvgIpc) is 2.83. The summed E-state index contributed by atoms with van der Waals surface area (Å²) in [5, 5.41) is 0. The molecule has 124 valence electrons. The lowest BCUT2D eigenvalue weighted by molar-refractivity contribution is -0.112. The van der Waals surface area contributed by atoms with E-state index < -0.39 is 0 Å².